The Balaban J connectivity index is 2.96. The van der Waals surface area contributed by atoms with Gasteiger partial charge in [-0.15, -0.1) is 0 Å². The van der Waals surface area contributed by atoms with E-state index in [-0.39, 0.29) is 12.3 Å². The fraction of sp³-hybridized carbons (Fsp3) is 0.250. The van der Waals surface area contributed by atoms with Crippen LogP contribution in [-0.4, -0.2) is 17.3 Å². The number of hydrogen-bond donors (Lipinski definition) is 1. The second kappa shape index (κ2) is 3.25. The third-order valence-corrected chi connectivity index (χ3v) is 1.39. The van der Waals surface area contributed by atoms with E-state index in [2.05, 4.69) is 4.98 Å². The Hall–Kier alpha value is -1.22. The van der Waals surface area contributed by atoms with Crippen LogP contribution in [0.2, 0.25) is 0 Å². The minimum atomic E-state index is -0.117. The van der Waals surface area contributed by atoms with Crippen LogP contribution in [0, 0.1) is 6.92 Å². The SMILES string of the molecule is Cc1ccnc(C(=O)CN)c1. The van der Waals surface area contributed by atoms with Gasteiger partial charge in [-0.3, -0.25) is 9.78 Å². The van der Waals surface area contributed by atoms with Crippen molar-refractivity contribution in [3.8, 4) is 0 Å². The molecule has 0 aliphatic rings. The van der Waals surface area contributed by atoms with Gasteiger partial charge in [0.05, 0.1) is 6.54 Å². The predicted molar refractivity (Wildman–Crippen MR) is 42.4 cm³/mol. The topological polar surface area (TPSA) is 56.0 Å². The highest BCUT2D eigenvalue weighted by atomic mass is 16.1. The van der Waals surface area contributed by atoms with Gasteiger partial charge < -0.3 is 5.73 Å². The molecule has 0 aromatic carbocycles. The van der Waals surface area contributed by atoms with Crippen LogP contribution in [0.15, 0.2) is 18.3 Å². The number of Topliss-reactive ketones (excluding diaryl/α,β-unsaturated/α-hetero) is 1. The molecule has 11 heavy (non-hydrogen) atoms. The first-order valence-corrected chi connectivity index (χ1v) is 3.40. The molecule has 0 saturated heterocycles. The number of rotatable bonds is 2. The smallest absolute Gasteiger partial charge is 0.194 e. The molecule has 58 valence electrons. The normalized spacial score (nSPS) is 9.64. The molecular formula is C8H10N2O. The Morgan fingerprint density at radius 3 is 3.00 bits per heavy atom. The first-order chi connectivity index (χ1) is 5.24. The Kier molecular flexibility index (Phi) is 2.33. The number of aryl methyl sites for hydroxylation is 1. The minimum Gasteiger partial charge on any atom is -0.324 e. The monoisotopic (exact) mass is 150 g/mol. The summed E-state index contributed by atoms with van der Waals surface area (Å²) in [5, 5.41) is 0. The summed E-state index contributed by atoms with van der Waals surface area (Å²) < 4.78 is 0. The van der Waals surface area contributed by atoms with E-state index >= 15 is 0 Å². The van der Waals surface area contributed by atoms with Gasteiger partial charge in [0.25, 0.3) is 0 Å². The third-order valence-electron chi connectivity index (χ3n) is 1.39. The Morgan fingerprint density at radius 1 is 1.73 bits per heavy atom. The zero-order valence-electron chi connectivity index (χ0n) is 6.37. The molecule has 0 spiro atoms. The molecule has 0 saturated carbocycles. The van der Waals surface area contributed by atoms with Gasteiger partial charge in [-0.2, -0.15) is 0 Å². The summed E-state index contributed by atoms with van der Waals surface area (Å²) in [6.07, 6.45) is 1.61. The zero-order valence-corrected chi connectivity index (χ0v) is 6.37. The highest BCUT2D eigenvalue weighted by Gasteiger charge is 2.02. The number of hydrogen-bond acceptors (Lipinski definition) is 3. The second-order valence-electron chi connectivity index (χ2n) is 2.35. The van der Waals surface area contributed by atoms with Crippen LogP contribution in [0.4, 0.5) is 0 Å². The van der Waals surface area contributed by atoms with E-state index in [1.54, 1.807) is 12.3 Å². The van der Waals surface area contributed by atoms with Gasteiger partial charge in [-0.05, 0) is 24.6 Å². The lowest BCUT2D eigenvalue weighted by Crippen LogP contribution is -2.14. The average molecular weight is 150 g/mol. The van der Waals surface area contributed by atoms with Crippen LogP contribution >= 0.6 is 0 Å². The van der Waals surface area contributed by atoms with Gasteiger partial charge in [0.2, 0.25) is 0 Å². The van der Waals surface area contributed by atoms with Gasteiger partial charge in [-0.1, -0.05) is 0 Å². The quantitative estimate of drug-likeness (QED) is 0.626. The molecular weight excluding hydrogens is 140 g/mol. The van der Waals surface area contributed by atoms with Crippen molar-refractivity contribution >= 4 is 5.78 Å². The summed E-state index contributed by atoms with van der Waals surface area (Å²) in [5.74, 6) is -0.117. The first kappa shape index (κ1) is 7.88. The van der Waals surface area contributed by atoms with Gasteiger partial charge in [0.15, 0.2) is 5.78 Å². The number of aromatic nitrogens is 1. The number of ketones is 1. The van der Waals surface area contributed by atoms with Gasteiger partial charge >= 0.3 is 0 Å². The fourth-order valence-corrected chi connectivity index (χ4v) is 0.793. The third kappa shape index (κ3) is 1.85. The molecule has 0 bridgehead atoms. The van der Waals surface area contributed by atoms with Crippen molar-refractivity contribution in [3.63, 3.8) is 0 Å². The lowest BCUT2D eigenvalue weighted by molar-refractivity contribution is 0.0996. The highest BCUT2D eigenvalue weighted by molar-refractivity contribution is 5.95. The molecule has 0 aliphatic carbocycles. The first-order valence-electron chi connectivity index (χ1n) is 3.40. The average Bonchev–Trinajstić information content (AvgIpc) is 2.03. The number of nitrogens with two attached hydrogens (primary N) is 1. The van der Waals surface area contributed by atoms with E-state index in [1.165, 1.54) is 0 Å². The zero-order chi connectivity index (χ0) is 8.27. The fourth-order valence-electron chi connectivity index (χ4n) is 0.793. The molecule has 1 aromatic heterocycles. The van der Waals surface area contributed by atoms with Crippen LogP contribution in [0.25, 0.3) is 0 Å². The van der Waals surface area contributed by atoms with E-state index in [0.717, 1.165) is 5.56 Å². The van der Waals surface area contributed by atoms with Crippen LogP contribution in [0.1, 0.15) is 16.1 Å². The number of pyridine rings is 1. The molecule has 2 N–H and O–H groups in total. The Labute approximate surface area is 65.2 Å². The number of nitrogens with zero attached hydrogens (tertiary/aromatic N) is 1. The molecule has 0 fully saturated rings. The standard InChI is InChI=1S/C8H10N2O/c1-6-2-3-10-7(4-6)8(11)5-9/h2-4H,5,9H2,1H3. The Bertz CT molecular complexity index is 271. The van der Waals surface area contributed by atoms with E-state index in [4.69, 9.17) is 5.73 Å². The van der Waals surface area contributed by atoms with E-state index in [9.17, 15) is 4.79 Å². The lowest BCUT2D eigenvalue weighted by Gasteiger charge is -1.96. The molecule has 0 atom stereocenters. The Morgan fingerprint density at radius 2 is 2.45 bits per heavy atom. The van der Waals surface area contributed by atoms with Crippen LogP contribution in [-0.2, 0) is 0 Å². The minimum absolute atomic E-state index is 0.0243. The predicted octanol–water partition coefficient (Wildman–Crippen LogP) is 0.531. The van der Waals surface area contributed by atoms with Crippen LogP contribution in [0.3, 0.4) is 0 Å². The molecule has 0 amide bonds. The van der Waals surface area contributed by atoms with Crippen LogP contribution in [0.5, 0.6) is 0 Å². The van der Waals surface area contributed by atoms with E-state index in [1.807, 2.05) is 13.0 Å². The number of carbonyl (C=O) groups is 1. The molecule has 3 heteroatoms. The summed E-state index contributed by atoms with van der Waals surface area (Å²) in [4.78, 5) is 14.9. The van der Waals surface area contributed by atoms with E-state index in [0.29, 0.717) is 5.69 Å². The summed E-state index contributed by atoms with van der Waals surface area (Å²) in [6, 6.07) is 3.57. The molecule has 0 unspecified atom stereocenters. The summed E-state index contributed by atoms with van der Waals surface area (Å²) in [7, 11) is 0. The van der Waals surface area contributed by atoms with E-state index < -0.39 is 0 Å². The molecule has 0 aliphatic heterocycles. The van der Waals surface area contributed by atoms with Crippen molar-refractivity contribution in [1.29, 1.82) is 0 Å². The molecule has 1 rings (SSSR count). The maximum Gasteiger partial charge on any atom is 0.194 e. The highest BCUT2D eigenvalue weighted by Crippen LogP contribution is 1.99. The van der Waals surface area contributed by atoms with Gasteiger partial charge in [-0.25, -0.2) is 0 Å². The van der Waals surface area contributed by atoms with Crippen molar-refractivity contribution in [2.45, 2.75) is 6.92 Å². The second-order valence-corrected chi connectivity index (χ2v) is 2.35. The number of carbonyl (C=O) groups excluding carboxylic acids is 1. The van der Waals surface area contributed by atoms with Gasteiger partial charge in [0, 0.05) is 6.20 Å². The van der Waals surface area contributed by atoms with Crippen molar-refractivity contribution in [1.82, 2.24) is 4.98 Å². The van der Waals surface area contributed by atoms with Gasteiger partial charge in [0.1, 0.15) is 5.69 Å². The molecule has 1 heterocycles. The summed E-state index contributed by atoms with van der Waals surface area (Å²) in [5.41, 5.74) is 6.64. The van der Waals surface area contributed by atoms with Crippen molar-refractivity contribution in [2.24, 2.45) is 5.73 Å². The lowest BCUT2D eigenvalue weighted by atomic mass is 10.2. The molecule has 0 radical (unpaired) electrons. The van der Waals surface area contributed by atoms with Crippen molar-refractivity contribution in [2.75, 3.05) is 6.54 Å². The summed E-state index contributed by atoms with van der Waals surface area (Å²) >= 11 is 0. The van der Waals surface area contributed by atoms with Crippen LogP contribution < -0.4 is 5.73 Å². The maximum absolute atomic E-state index is 11.0. The maximum atomic E-state index is 11.0. The van der Waals surface area contributed by atoms with Crippen molar-refractivity contribution < 1.29 is 4.79 Å². The molecule has 3 nitrogen and oxygen atoms in total. The summed E-state index contributed by atoms with van der Waals surface area (Å²) in [6.45, 7) is 1.94. The molecule has 1 aromatic rings. The van der Waals surface area contributed by atoms with Crippen molar-refractivity contribution in [3.05, 3.63) is 29.6 Å². The largest absolute Gasteiger partial charge is 0.324 e.